The van der Waals surface area contributed by atoms with E-state index in [0.717, 1.165) is 12.5 Å². The highest BCUT2D eigenvalue weighted by Crippen LogP contribution is 2.11. The summed E-state index contributed by atoms with van der Waals surface area (Å²) in [5, 5.41) is 9.25. The highest BCUT2D eigenvalue weighted by atomic mass is 127. The maximum absolute atomic E-state index is 11.6. The van der Waals surface area contributed by atoms with Crippen LogP contribution in [0.3, 0.4) is 0 Å². The minimum atomic E-state index is -0.336. The summed E-state index contributed by atoms with van der Waals surface area (Å²) >= 11 is 0. The van der Waals surface area contributed by atoms with Crippen LogP contribution in [-0.2, 0) is 4.79 Å². The van der Waals surface area contributed by atoms with Crippen molar-refractivity contribution >= 4 is 35.8 Å². The van der Waals surface area contributed by atoms with Gasteiger partial charge in [0, 0.05) is 32.1 Å². The molecule has 0 fully saturated rings. The summed E-state index contributed by atoms with van der Waals surface area (Å²) in [6, 6.07) is 0. The van der Waals surface area contributed by atoms with E-state index in [0.29, 0.717) is 19.0 Å². The number of guanidine groups is 1. The molecule has 0 aliphatic heterocycles. The van der Waals surface area contributed by atoms with Gasteiger partial charge in [-0.25, -0.2) is 0 Å². The van der Waals surface area contributed by atoms with Crippen LogP contribution in [0.2, 0.25) is 0 Å². The fourth-order valence-corrected chi connectivity index (χ4v) is 1.14. The van der Waals surface area contributed by atoms with Crippen molar-refractivity contribution < 1.29 is 4.79 Å². The second-order valence-corrected chi connectivity index (χ2v) is 5.78. The number of hydrogen-bond acceptors (Lipinski definition) is 2. The van der Waals surface area contributed by atoms with Gasteiger partial charge in [-0.3, -0.25) is 9.79 Å². The van der Waals surface area contributed by atoms with Gasteiger partial charge in [-0.1, -0.05) is 34.6 Å². The van der Waals surface area contributed by atoms with E-state index in [-0.39, 0.29) is 35.3 Å². The standard InChI is InChI=1S/C13H28N4O.HI/c1-10(2)9-17-12(14-6)16-8-7-15-11(18)13(3,4)5;/h10H,7-9H2,1-6H3,(H,15,18)(H2,14,16,17);1H. The van der Waals surface area contributed by atoms with E-state index in [1.54, 1.807) is 7.05 Å². The van der Waals surface area contributed by atoms with Crippen molar-refractivity contribution in [2.75, 3.05) is 26.7 Å². The molecule has 3 N–H and O–H groups in total. The topological polar surface area (TPSA) is 65.5 Å². The van der Waals surface area contributed by atoms with Crippen molar-refractivity contribution in [1.82, 2.24) is 16.0 Å². The smallest absolute Gasteiger partial charge is 0.225 e. The average Bonchev–Trinajstić information content (AvgIpc) is 2.26. The Kier molecular flexibility index (Phi) is 11.2. The van der Waals surface area contributed by atoms with Gasteiger partial charge in [-0.05, 0) is 5.92 Å². The number of rotatable bonds is 5. The SMILES string of the molecule is CN=C(NCCNC(=O)C(C)(C)C)NCC(C)C.I. The van der Waals surface area contributed by atoms with Crippen LogP contribution in [0, 0.1) is 11.3 Å². The van der Waals surface area contributed by atoms with E-state index < -0.39 is 0 Å². The van der Waals surface area contributed by atoms with Gasteiger partial charge in [0.2, 0.25) is 5.91 Å². The van der Waals surface area contributed by atoms with Crippen molar-refractivity contribution in [2.45, 2.75) is 34.6 Å². The monoisotopic (exact) mass is 384 g/mol. The van der Waals surface area contributed by atoms with Crippen molar-refractivity contribution in [3.63, 3.8) is 0 Å². The minimum Gasteiger partial charge on any atom is -0.356 e. The zero-order valence-electron chi connectivity index (χ0n) is 13.0. The second kappa shape index (κ2) is 10.3. The van der Waals surface area contributed by atoms with Gasteiger partial charge in [-0.2, -0.15) is 0 Å². The molecular weight excluding hydrogens is 355 g/mol. The van der Waals surface area contributed by atoms with Gasteiger partial charge < -0.3 is 16.0 Å². The van der Waals surface area contributed by atoms with Crippen LogP contribution >= 0.6 is 24.0 Å². The third kappa shape index (κ3) is 11.0. The molecule has 0 spiro atoms. The molecule has 5 nitrogen and oxygen atoms in total. The predicted octanol–water partition coefficient (Wildman–Crippen LogP) is 1.59. The molecule has 0 aliphatic carbocycles. The lowest BCUT2D eigenvalue weighted by molar-refractivity contribution is -0.128. The van der Waals surface area contributed by atoms with Crippen LogP contribution in [-0.4, -0.2) is 38.5 Å². The zero-order valence-corrected chi connectivity index (χ0v) is 15.3. The lowest BCUT2D eigenvalue weighted by Crippen LogP contribution is -2.44. The summed E-state index contributed by atoms with van der Waals surface area (Å²) in [4.78, 5) is 15.7. The molecular formula is C13H29IN4O. The molecule has 0 bridgehead atoms. The first-order valence-corrected chi connectivity index (χ1v) is 6.50. The number of nitrogens with one attached hydrogen (secondary N) is 3. The number of carbonyl (C=O) groups excluding carboxylic acids is 1. The van der Waals surface area contributed by atoms with E-state index in [1.165, 1.54) is 0 Å². The molecule has 114 valence electrons. The summed E-state index contributed by atoms with van der Waals surface area (Å²) < 4.78 is 0. The third-order valence-corrected chi connectivity index (χ3v) is 2.29. The minimum absolute atomic E-state index is 0. The van der Waals surface area contributed by atoms with E-state index in [9.17, 15) is 4.79 Å². The molecule has 19 heavy (non-hydrogen) atoms. The quantitative estimate of drug-likeness (QED) is 0.292. The lowest BCUT2D eigenvalue weighted by Gasteiger charge is -2.18. The Morgan fingerprint density at radius 2 is 1.63 bits per heavy atom. The molecule has 0 radical (unpaired) electrons. The number of halogens is 1. The Morgan fingerprint density at radius 3 is 2.05 bits per heavy atom. The van der Waals surface area contributed by atoms with Crippen molar-refractivity contribution in [1.29, 1.82) is 0 Å². The van der Waals surface area contributed by atoms with Gasteiger partial charge >= 0.3 is 0 Å². The number of aliphatic imine (C=N–C) groups is 1. The Labute approximate surface area is 134 Å². The number of hydrogen-bond donors (Lipinski definition) is 3. The van der Waals surface area contributed by atoms with Gasteiger partial charge in [0.1, 0.15) is 0 Å². The highest BCUT2D eigenvalue weighted by molar-refractivity contribution is 14.0. The van der Waals surface area contributed by atoms with Crippen molar-refractivity contribution in [3.8, 4) is 0 Å². The van der Waals surface area contributed by atoms with Gasteiger partial charge in [-0.15, -0.1) is 24.0 Å². The third-order valence-electron chi connectivity index (χ3n) is 2.29. The Hall–Kier alpha value is -0.530. The molecule has 0 atom stereocenters. The van der Waals surface area contributed by atoms with Crippen LogP contribution in [0.1, 0.15) is 34.6 Å². The molecule has 1 amide bonds. The molecule has 0 unspecified atom stereocenters. The summed E-state index contributed by atoms with van der Waals surface area (Å²) in [6.45, 7) is 12.1. The fraction of sp³-hybridized carbons (Fsp3) is 0.846. The Balaban J connectivity index is 0. The molecule has 0 saturated carbocycles. The van der Waals surface area contributed by atoms with Gasteiger partial charge in [0.15, 0.2) is 5.96 Å². The van der Waals surface area contributed by atoms with Crippen molar-refractivity contribution in [3.05, 3.63) is 0 Å². The summed E-state index contributed by atoms with van der Waals surface area (Å²) in [5.74, 6) is 1.41. The summed E-state index contributed by atoms with van der Waals surface area (Å²) in [7, 11) is 1.74. The van der Waals surface area contributed by atoms with E-state index in [4.69, 9.17) is 0 Å². The number of nitrogens with zero attached hydrogens (tertiary/aromatic N) is 1. The first kappa shape index (κ1) is 20.8. The lowest BCUT2D eigenvalue weighted by atomic mass is 9.96. The maximum Gasteiger partial charge on any atom is 0.225 e. The van der Waals surface area contributed by atoms with Crippen LogP contribution in [0.15, 0.2) is 4.99 Å². The number of carbonyl (C=O) groups is 1. The van der Waals surface area contributed by atoms with Crippen LogP contribution in [0.4, 0.5) is 0 Å². The molecule has 0 saturated heterocycles. The first-order valence-electron chi connectivity index (χ1n) is 6.50. The van der Waals surface area contributed by atoms with E-state index in [1.807, 2.05) is 20.8 Å². The van der Waals surface area contributed by atoms with Crippen LogP contribution < -0.4 is 16.0 Å². The fourth-order valence-electron chi connectivity index (χ4n) is 1.14. The Morgan fingerprint density at radius 1 is 1.11 bits per heavy atom. The molecule has 0 aromatic heterocycles. The molecule has 0 aliphatic rings. The van der Waals surface area contributed by atoms with Crippen LogP contribution in [0.5, 0.6) is 0 Å². The molecule has 0 aromatic carbocycles. The largest absolute Gasteiger partial charge is 0.356 e. The predicted molar refractivity (Wildman–Crippen MR) is 92.1 cm³/mol. The molecule has 0 rings (SSSR count). The normalized spacial score (nSPS) is 11.8. The number of amides is 1. The summed E-state index contributed by atoms with van der Waals surface area (Å²) in [5.41, 5.74) is -0.336. The first-order chi connectivity index (χ1) is 8.27. The highest BCUT2D eigenvalue weighted by Gasteiger charge is 2.20. The zero-order chi connectivity index (χ0) is 14.2. The molecule has 0 aromatic rings. The maximum atomic E-state index is 11.6. The summed E-state index contributed by atoms with van der Waals surface area (Å²) in [6.07, 6.45) is 0. The van der Waals surface area contributed by atoms with Gasteiger partial charge in [0.05, 0.1) is 0 Å². The second-order valence-electron chi connectivity index (χ2n) is 5.78. The van der Waals surface area contributed by atoms with Gasteiger partial charge in [0.25, 0.3) is 0 Å². The molecule has 6 heteroatoms. The van der Waals surface area contributed by atoms with E-state index in [2.05, 4.69) is 34.8 Å². The van der Waals surface area contributed by atoms with Crippen molar-refractivity contribution in [2.24, 2.45) is 16.3 Å². The van der Waals surface area contributed by atoms with Crippen LogP contribution in [0.25, 0.3) is 0 Å². The van der Waals surface area contributed by atoms with E-state index >= 15 is 0 Å². The Bertz CT molecular complexity index is 285. The molecule has 0 heterocycles. The average molecular weight is 384 g/mol.